The van der Waals surface area contributed by atoms with E-state index in [2.05, 4.69) is 15.0 Å². The fourth-order valence-electron chi connectivity index (χ4n) is 3.77. The minimum atomic E-state index is -4.31. The number of pyridine rings is 1. The van der Waals surface area contributed by atoms with E-state index in [0.717, 1.165) is 23.9 Å². The van der Waals surface area contributed by atoms with Gasteiger partial charge in [0.1, 0.15) is 27.8 Å². The van der Waals surface area contributed by atoms with Crippen molar-refractivity contribution >= 4 is 38.4 Å². The van der Waals surface area contributed by atoms with Crippen LogP contribution in [0.25, 0.3) is 10.9 Å². The van der Waals surface area contributed by atoms with Gasteiger partial charge in [-0.1, -0.05) is 29.8 Å². The Morgan fingerprint density at radius 2 is 1.76 bits per heavy atom. The van der Waals surface area contributed by atoms with Crippen LogP contribution in [-0.4, -0.2) is 33.5 Å². The van der Waals surface area contributed by atoms with E-state index in [1.54, 1.807) is 42.5 Å². The second kappa shape index (κ2) is 11.2. The Labute approximate surface area is 222 Å². The molecule has 12 heteroatoms. The number of sulfonamides is 1. The van der Waals surface area contributed by atoms with Crippen LogP contribution in [-0.2, 0) is 23.1 Å². The van der Waals surface area contributed by atoms with Crippen molar-refractivity contribution in [2.24, 2.45) is 0 Å². The summed E-state index contributed by atoms with van der Waals surface area (Å²) in [5.41, 5.74) is 0.000922. The summed E-state index contributed by atoms with van der Waals surface area (Å²) in [7, 11) is -1.39. The largest absolute Gasteiger partial charge is 0.497 e. The Kier molecular flexibility index (Phi) is 8.00. The van der Waals surface area contributed by atoms with Gasteiger partial charge in [0.2, 0.25) is 15.5 Å². The number of rotatable bonds is 9. The number of hydrogen-bond acceptors (Lipinski definition) is 6. The predicted octanol–water partition coefficient (Wildman–Crippen LogP) is 3.75. The number of methoxy groups -OCH3 is 2. The number of nitrogens with one attached hydrogen (secondary N) is 3. The number of aromatic nitrogens is 1. The molecular formula is C26H23ClFN3O6S. The standard InChI is InChI=1S/C26H23ClFN3O6S/c1-36-19-8-5-16(22(11-19)37-2)13-31-38(34,35)23-10-18(28)9-20-24(23)29-14-21(25(20)32)26(33)30-12-15-3-6-17(27)7-4-15/h3-11,14,31H,12-13H2,1-2H3,(H,29,32)(H,30,33). The molecule has 1 heterocycles. The van der Waals surface area contributed by atoms with Gasteiger partial charge in [-0.2, -0.15) is 0 Å². The highest BCUT2D eigenvalue weighted by Crippen LogP contribution is 2.26. The topological polar surface area (TPSA) is 127 Å². The van der Waals surface area contributed by atoms with Crippen molar-refractivity contribution in [3.05, 3.63) is 98.5 Å². The van der Waals surface area contributed by atoms with E-state index in [9.17, 15) is 22.4 Å². The van der Waals surface area contributed by atoms with Gasteiger partial charge in [-0.3, -0.25) is 9.59 Å². The third-order valence-corrected chi connectivity index (χ3v) is 7.44. The average Bonchev–Trinajstić information content (AvgIpc) is 2.91. The zero-order valence-corrected chi connectivity index (χ0v) is 21.9. The molecule has 0 bridgehead atoms. The van der Waals surface area contributed by atoms with Gasteiger partial charge in [-0.25, -0.2) is 17.5 Å². The summed E-state index contributed by atoms with van der Waals surface area (Å²) in [6.45, 7) is -0.0576. The van der Waals surface area contributed by atoms with Crippen LogP contribution >= 0.6 is 11.6 Å². The van der Waals surface area contributed by atoms with Gasteiger partial charge < -0.3 is 19.8 Å². The number of amides is 1. The molecule has 0 fully saturated rings. The van der Waals surface area contributed by atoms with Crippen molar-refractivity contribution in [3.8, 4) is 11.5 Å². The maximum atomic E-state index is 14.5. The number of carbonyl (C=O) groups excluding carboxylic acids is 1. The van der Waals surface area contributed by atoms with Gasteiger partial charge >= 0.3 is 0 Å². The number of H-pyrrole nitrogens is 1. The smallest absolute Gasteiger partial charge is 0.257 e. The lowest BCUT2D eigenvalue weighted by Crippen LogP contribution is -2.29. The zero-order chi connectivity index (χ0) is 27.4. The molecule has 38 heavy (non-hydrogen) atoms. The first-order chi connectivity index (χ1) is 18.1. The van der Waals surface area contributed by atoms with Gasteiger partial charge in [0.25, 0.3) is 5.91 Å². The molecular weight excluding hydrogens is 537 g/mol. The minimum absolute atomic E-state index is 0.120. The summed E-state index contributed by atoms with van der Waals surface area (Å²) in [5, 5.41) is 2.86. The van der Waals surface area contributed by atoms with Crippen LogP contribution in [0.1, 0.15) is 21.5 Å². The first kappa shape index (κ1) is 27.1. The fraction of sp³-hybridized carbons (Fsp3) is 0.154. The third-order valence-electron chi connectivity index (χ3n) is 5.76. The van der Waals surface area contributed by atoms with Crippen LogP contribution in [0.15, 0.2) is 70.5 Å². The molecule has 0 unspecified atom stereocenters. The first-order valence-electron chi connectivity index (χ1n) is 11.2. The normalized spacial score (nSPS) is 11.4. The van der Waals surface area contributed by atoms with Crippen LogP contribution in [0, 0.1) is 5.82 Å². The van der Waals surface area contributed by atoms with Gasteiger partial charge in [-0.05, 0) is 35.9 Å². The SMILES string of the molecule is COc1ccc(CNS(=O)(=O)c2cc(F)cc3c(=O)c(C(=O)NCc4ccc(Cl)cc4)c[nH]c23)c(OC)c1. The number of hydrogen-bond donors (Lipinski definition) is 3. The van der Waals surface area contributed by atoms with Crippen LogP contribution < -0.4 is 24.9 Å². The van der Waals surface area contributed by atoms with E-state index in [1.807, 2.05) is 0 Å². The van der Waals surface area contributed by atoms with Crippen molar-refractivity contribution in [1.82, 2.24) is 15.0 Å². The lowest BCUT2D eigenvalue weighted by molar-refractivity contribution is 0.0949. The number of aromatic amines is 1. The van der Waals surface area contributed by atoms with Crippen molar-refractivity contribution in [2.45, 2.75) is 18.0 Å². The Balaban J connectivity index is 1.62. The molecule has 0 spiro atoms. The molecule has 0 radical (unpaired) electrons. The molecule has 9 nitrogen and oxygen atoms in total. The van der Waals surface area contributed by atoms with E-state index < -0.39 is 32.1 Å². The molecule has 0 aliphatic rings. The lowest BCUT2D eigenvalue weighted by atomic mass is 10.1. The third kappa shape index (κ3) is 5.80. The lowest BCUT2D eigenvalue weighted by Gasteiger charge is -2.13. The van der Waals surface area contributed by atoms with Gasteiger partial charge in [0.05, 0.1) is 25.1 Å². The molecule has 1 amide bonds. The monoisotopic (exact) mass is 559 g/mol. The molecule has 3 N–H and O–H groups in total. The van der Waals surface area contributed by atoms with Crippen LogP contribution in [0.4, 0.5) is 4.39 Å². The molecule has 0 aliphatic carbocycles. The molecule has 0 saturated heterocycles. The zero-order valence-electron chi connectivity index (χ0n) is 20.3. The second-order valence-electron chi connectivity index (χ2n) is 8.17. The summed E-state index contributed by atoms with van der Waals surface area (Å²) >= 11 is 5.86. The Morgan fingerprint density at radius 1 is 1.03 bits per heavy atom. The second-order valence-corrected chi connectivity index (χ2v) is 10.3. The summed E-state index contributed by atoms with van der Waals surface area (Å²) in [4.78, 5) is 27.9. The highest BCUT2D eigenvalue weighted by molar-refractivity contribution is 7.89. The highest BCUT2D eigenvalue weighted by Gasteiger charge is 2.23. The first-order valence-corrected chi connectivity index (χ1v) is 13.1. The molecule has 0 atom stereocenters. The average molecular weight is 560 g/mol. The van der Waals surface area contributed by atoms with E-state index in [-0.39, 0.29) is 29.6 Å². The Hall–Kier alpha value is -3.93. The fourth-order valence-corrected chi connectivity index (χ4v) is 5.11. The van der Waals surface area contributed by atoms with Crippen molar-refractivity contribution < 1.29 is 27.1 Å². The van der Waals surface area contributed by atoms with Crippen molar-refractivity contribution in [2.75, 3.05) is 14.2 Å². The van der Waals surface area contributed by atoms with E-state index in [1.165, 1.54) is 14.2 Å². The van der Waals surface area contributed by atoms with Crippen molar-refractivity contribution in [3.63, 3.8) is 0 Å². The van der Waals surface area contributed by atoms with Crippen molar-refractivity contribution in [1.29, 1.82) is 0 Å². The number of fused-ring (bicyclic) bond motifs is 1. The van der Waals surface area contributed by atoms with Crippen LogP contribution in [0.2, 0.25) is 5.02 Å². The molecule has 0 saturated carbocycles. The van der Waals surface area contributed by atoms with Crippen LogP contribution in [0.5, 0.6) is 11.5 Å². The molecule has 198 valence electrons. The molecule has 4 aromatic rings. The van der Waals surface area contributed by atoms with E-state index in [4.69, 9.17) is 21.1 Å². The van der Waals surface area contributed by atoms with E-state index >= 15 is 0 Å². The predicted molar refractivity (Wildman–Crippen MR) is 141 cm³/mol. The van der Waals surface area contributed by atoms with Gasteiger partial charge in [0, 0.05) is 35.9 Å². The van der Waals surface area contributed by atoms with Gasteiger partial charge in [0.15, 0.2) is 0 Å². The van der Waals surface area contributed by atoms with Gasteiger partial charge in [-0.15, -0.1) is 0 Å². The van der Waals surface area contributed by atoms with E-state index in [0.29, 0.717) is 22.1 Å². The molecule has 1 aromatic heterocycles. The number of carbonyl (C=O) groups is 1. The number of ether oxygens (including phenoxy) is 2. The maximum Gasteiger partial charge on any atom is 0.257 e. The molecule has 3 aromatic carbocycles. The summed E-state index contributed by atoms with van der Waals surface area (Å²) in [6, 6.07) is 13.3. The summed E-state index contributed by atoms with van der Waals surface area (Å²) in [6.07, 6.45) is 1.10. The summed E-state index contributed by atoms with van der Waals surface area (Å²) < 4.78 is 53.6. The molecule has 4 rings (SSSR count). The highest BCUT2D eigenvalue weighted by atomic mass is 35.5. The molecule has 0 aliphatic heterocycles. The number of benzene rings is 3. The summed E-state index contributed by atoms with van der Waals surface area (Å²) in [5.74, 6) is -0.750. The van der Waals surface area contributed by atoms with Crippen LogP contribution in [0.3, 0.4) is 0 Å². The quantitative estimate of drug-likeness (QED) is 0.287. The minimum Gasteiger partial charge on any atom is -0.497 e. The Morgan fingerprint density at radius 3 is 2.45 bits per heavy atom. The number of halogens is 2. The maximum absolute atomic E-state index is 14.5. The Bertz CT molecular complexity index is 1670.